The smallest absolute Gasteiger partial charge is 0.254 e. The third-order valence-electron chi connectivity index (χ3n) is 4.23. The van der Waals surface area contributed by atoms with Crippen molar-refractivity contribution in [2.75, 3.05) is 6.54 Å². The summed E-state index contributed by atoms with van der Waals surface area (Å²) in [5, 5.41) is 4.53. The number of carbonyl (C=O) groups excluding carboxylic acids is 1. The van der Waals surface area contributed by atoms with Gasteiger partial charge in [0, 0.05) is 36.3 Å². The number of carbonyl (C=O) groups is 1. The highest BCUT2D eigenvalue weighted by atomic mass is 16.2. The van der Waals surface area contributed by atoms with Crippen molar-refractivity contribution in [3.8, 4) is 0 Å². The first-order valence-corrected chi connectivity index (χ1v) is 7.79. The summed E-state index contributed by atoms with van der Waals surface area (Å²) in [4.78, 5) is 14.7. The molecule has 4 nitrogen and oxygen atoms in total. The highest BCUT2D eigenvalue weighted by Crippen LogP contribution is 2.25. The maximum absolute atomic E-state index is 12.7. The Morgan fingerprint density at radius 1 is 1.23 bits per heavy atom. The van der Waals surface area contributed by atoms with Gasteiger partial charge in [-0.1, -0.05) is 18.2 Å². The first-order valence-electron chi connectivity index (χ1n) is 7.79. The van der Waals surface area contributed by atoms with Gasteiger partial charge in [-0.3, -0.25) is 9.48 Å². The van der Waals surface area contributed by atoms with Gasteiger partial charge in [0.15, 0.2) is 0 Å². The Bertz CT molecular complexity index is 709. The van der Waals surface area contributed by atoms with E-state index in [4.69, 9.17) is 0 Å². The normalized spacial score (nSPS) is 14.8. The molecule has 0 saturated carbocycles. The second-order valence-electron chi connectivity index (χ2n) is 6.99. The molecule has 0 spiro atoms. The van der Waals surface area contributed by atoms with Crippen LogP contribution in [0.25, 0.3) is 0 Å². The van der Waals surface area contributed by atoms with Gasteiger partial charge in [0.05, 0.1) is 11.7 Å². The van der Waals surface area contributed by atoms with Gasteiger partial charge in [0.2, 0.25) is 0 Å². The molecule has 1 amide bonds. The molecule has 22 heavy (non-hydrogen) atoms. The van der Waals surface area contributed by atoms with Crippen LogP contribution in [0.4, 0.5) is 0 Å². The molecule has 0 unspecified atom stereocenters. The first kappa shape index (κ1) is 14.8. The van der Waals surface area contributed by atoms with E-state index in [0.29, 0.717) is 6.54 Å². The predicted octanol–water partition coefficient (Wildman–Crippen LogP) is 3.15. The Labute approximate surface area is 131 Å². The van der Waals surface area contributed by atoms with Gasteiger partial charge >= 0.3 is 0 Å². The highest BCUT2D eigenvalue weighted by molar-refractivity contribution is 5.95. The lowest BCUT2D eigenvalue weighted by Crippen LogP contribution is -2.37. The van der Waals surface area contributed by atoms with E-state index in [0.717, 1.165) is 24.1 Å². The Balaban J connectivity index is 1.85. The van der Waals surface area contributed by atoms with E-state index in [2.05, 4.69) is 30.6 Å². The van der Waals surface area contributed by atoms with Crippen LogP contribution in [0.15, 0.2) is 30.5 Å². The number of aryl methyl sites for hydroxylation is 1. The fourth-order valence-corrected chi connectivity index (χ4v) is 3.07. The fourth-order valence-electron chi connectivity index (χ4n) is 3.07. The molecule has 116 valence electrons. The van der Waals surface area contributed by atoms with Gasteiger partial charge in [-0.2, -0.15) is 5.10 Å². The summed E-state index contributed by atoms with van der Waals surface area (Å²) in [5.41, 5.74) is 4.25. The summed E-state index contributed by atoms with van der Waals surface area (Å²) in [5.74, 6) is 0.118. The molecule has 0 saturated heterocycles. The van der Waals surface area contributed by atoms with Crippen LogP contribution in [-0.2, 0) is 18.5 Å². The maximum Gasteiger partial charge on any atom is 0.254 e. The maximum atomic E-state index is 12.7. The summed E-state index contributed by atoms with van der Waals surface area (Å²) in [6.45, 7) is 9.86. The summed E-state index contributed by atoms with van der Waals surface area (Å²) < 4.78 is 2.10. The third-order valence-corrected chi connectivity index (χ3v) is 4.23. The van der Waals surface area contributed by atoms with E-state index in [9.17, 15) is 4.79 Å². The molecule has 3 rings (SSSR count). The van der Waals surface area contributed by atoms with Crippen LogP contribution in [0.3, 0.4) is 0 Å². The molecule has 2 heterocycles. The standard InChI is InChI=1S/C18H23N3O/c1-13-7-5-6-8-15(13)17(22)20-10-9-16-14(12-20)11-19-21(16)18(2,3)4/h5-8,11H,9-10,12H2,1-4H3. The van der Waals surface area contributed by atoms with E-state index in [-0.39, 0.29) is 11.4 Å². The van der Waals surface area contributed by atoms with Crippen LogP contribution in [0.1, 0.15) is 48.0 Å². The zero-order valence-electron chi connectivity index (χ0n) is 13.8. The summed E-state index contributed by atoms with van der Waals surface area (Å²) in [6.07, 6.45) is 2.78. The fraction of sp³-hybridized carbons (Fsp3) is 0.444. The van der Waals surface area contributed by atoms with Crippen molar-refractivity contribution in [2.45, 2.75) is 46.2 Å². The minimum Gasteiger partial charge on any atom is -0.334 e. The van der Waals surface area contributed by atoms with Crippen molar-refractivity contribution in [3.63, 3.8) is 0 Å². The van der Waals surface area contributed by atoms with Crippen molar-refractivity contribution in [3.05, 3.63) is 52.8 Å². The Morgan fingerprint density at radius 3 is 2.64 bits per heavy atom. The lowest BCUT2D eigenvalue weighted by atomic mass is 10.0. The predicted molar refractivity (Wildman–Crippen MR) is 86.8 cm³/mol. The van der Waals surface area contributed by atoms with Crippen molar-refractivity contribution in [1.29, 1.82) is 0 Å². The average molecular weight is 297 g/mol. The molecule has 1 aliphatic heterocycles. The molecule has 1 aromatic carbocycles. The Hall–Kier alpha value is -2.10. The van der Waals surface area contributed by atoms with E-state index < -0.39 is 0 Å². The average Bonchev–Trinajstić information content (AvgIpc) is 2.90. The molecule has 0 N–H and O–H groups in total. The molecule has 0 aliphatic carbocycles. The quantitative estimate of drug-likeness (QED) is 0.811. The van der Waals surface area contributed by atoms with Crippen LogP contribution in [0, 0.1) is 6.92 Å². The molecule has 1 aliphatic rings. The van der Waals surface area contributed by atoms with E-state index >= 15 is 0 Å². The van der Waals surface area contributed by atoms with Crippen LogP contribution < -0.4 is 0 Å². The molecule has 4 heteroatoms. The second-order valence-corrected chi connectivity index (χ2v) is 6.99. The van der Waals surface area contributed by atoms with Gasteiger partial charge in [0.1, 0.15) is 0 Å². The molecule has 2 aromatic rings. The molecule has 0 atom stereocenters. The van der Waals surface area contributed by atoms with E-state index in [1.54, 1.807) is 0 Å². The van der Waals surface area contributed by atoms with Crippen molar-refractivity contribution in [1.82, 2.24) is 14.7 Å². The van der Waals surface area contributed by atoms with Gasteiger partial charge in [0.25, 0.3) is 5.91 Å². The Morgan fingerprint density at radius 2 is 1.95 bits per heavy atom. The van der Waals surface area contributed by atoms with Gasteiger partial charge in [-0.05, 0) is 39.3 Å². The van der Waals surface area contributed by atoms with E-state index in [1.807, 2.05) is 42.3 Å². The molecular formula is C18H23N3O. The SMILES string of the molecule is Cc1ccccc1C(=O)N1CCc2c(cnn2C(C)(C)C)C1. The van der Waals surface area contributed by atoms with Crippen LogP contribution >= 0.6 is 0 Å². The highest BCUT2D eigenvalue weighted by Gasteiger charge is 2.28. The van der Waals surface area contributed by atoms with Crippen molar-refractivity contribution in [2.24, 2.45) is 0 Å². The summed E-state index contributed by atoms with van der Waals surface area (Å²) in [7, 11) is 0. The number of hydrogen-bond donors (Lipinski definition) is 0. The zero-order chi connectivity index (χ0) is 15.9. The number of benzene rings is 1. The number of aromatic nitrogens is 2. The number of rotatable bonds is 1. The van der Waals surface area contributed by atoms with Crippen molar-refractivity contribution >= 4 is 5.91 Å². The molecule has 0 radical (unpaired) electrons. The van der Waals surface area contributed by atoms with Crippen LogP contribution in [0.5, 0.6) is 0 Å². The van der Waals surface area contributed by atoms with E-state index in [1.165, 1.54) is 11.3 Å². The summed E-state index contributed by atoms with van der Waals surface area (Å²) >= 11 is 0. The van der Waals surface area contributed by atoms with Gasteiger partial charge in [-0.25, -0.2) is 0 Å². The number of amides is 1. The first-order chi connectivity index (χ1) is 10.4. The molecule has 0 bridgehead atoms. The molecular weight excluding hydrogens is 274 g/mol. The van der Waals surface area contributed by atoms with Gasteiger partial charge < -0.3 is 4.90 Å². The molecule has 1 aromatic heterocycles. The summed E-state index contributed by atoms with van der Waals surface area (Å²) in [6, 6.07) is 7.78. The van der Waals surface area contributed by atoms with Gasteiger partial charge in [-0.15, -0.1) is 0 Å². The minimum atomic E-state index is -0.0181. The largest absolute Gasteiger partial charge is 0.334 e. The number of nitrogens with zero attached hydrogens (tertiary/aromatic N) is 3. The third kappa shape index (κ3) is 2.54. The monoisotopic (exact) mass is 297 g/mol. The van der Waals surface area contributed by atoms with Crippen LogP contribution in [-0.4, -0.2) is 27.1 Å². The number of fused-ring (bicyclic) bond motifs is 1. The van der Waals surface area contributed by atoms with Crippen LogP contribution in [0.2, 0.25) is 0 Å². The lowest BCUT2D eigenvalue weighted by molar-refractivity contribution is 0.0731. The lowest BCUT2D eigenvalue weighted by Gasteiger charge is -2.30. The topological polar surface area (TPSA) is 38.1 Å². The zero-order valence-corrected chi connectivity index (χ0v) is 13.8. The van der Waals surface area contributed by atoms with Crippen molar-refractivity contribution < 1.29 is 4.79 Å². The minimum absolute atomic E-state index is 0.0181. The Kier molecular flexibility index (Phi) is 3.55. The number of hydrogen-bond acceptors (Lipinski definition) is 2. The molecule has 0 fully saturated rings. The second kappa shape index (κ2) is 5.27.